The van der Waals surface area contributed by atoms with Crippen molar-refractivity contribution in [1.29, 1.82) is 0 Å². The molecule has 1 fully saturated rings. The van der Waals surface area contributed by atoms with Crippen LogP contribution >= 0.6 is 32.2 Å². The molecule has 0 aliphatic heterocycles. The zero-order chi connectivity index (χ0) is 30.7. The number of hydrogen-bond acceptors (Lipinski definition) is 7. The molecule has 1 N–H and O–H groups in total. The van der Waals surface area contributed by atoms with E-state index >= 15 is 0 Å². The van der Waals surface area contributed by atoms with Crippen LogP contribution in [0.4, 0.5) is 5.82 Å². The van der Waals surface area contributed by atoms with E-state index in [1.807, 2.05) is 74.3 Å². The third kappa shape index (κ3) is 4.97. The lowest BCUT2D eigenvalue weighted by Gasteiger charge is -2.22. The maximum atomic E-state index is 14.3. The van der Waals surface area contributed by atoms with Gasteiger partial charge in [0.15, 0.2) is 5.65 Å². The number of rotatable bonds is 8. The van der Waals surface area contributed by atoms with Gasteiger partial charge in [0.1, 0.15) is 33.6 Å². The van der Waals surface area contributed by atoms with Crippen molar-refractivity contribution >= 4 is 59.2 Å². The van der Waals surface area contributed by atoms with Crippen LogP contribution in [0.3, 0.4) is 0 Å². The number of halogens is 1. The Balaban J connectivity index is 1.50. The Hall–Kier alpha value is -3.78. The molecule has 0 bridgehead atoms. The van der Waals surface area contributed by atoms with Crippen LogP contribution in [0.25, 0.3) is 38.2 Å². The monoisotopic (exact) mass is 642 g/mol. The molecular weight excluding hydrogens is 611 g/mol. The van der Waals surface area contributed by atoms with Crippen molar-refractivity contribution in [3.63, 3.8) is 0 Å². The number of nitrogens with one attached hydrogen (secondary N) is 1. The molecule has 0 amide bonds. The summed E-state index contributed by atoms with van der Waals surface area (Å²) in [4.78, 5) is 24.4. The molecule has 11 heteroatoms. The van der Waals surface area contributed by atoms with E-state index in [9.17, 15) is 4.79 Å². The van der Waals surface area contributed by atoms with Crippen molar-refractivity contribution in [3.8, 4) is 28.1 Å². The van der Waals surface area contributed by atoms with Gasteiger partial charge in [-0.05, 0) is 91.9 Å². The smallest absolute Gasteiger partial charge is 0.265 e. The molecule has 2 atom stereocenters. The van der Waals surface area contributed by atoms with Crippen LogP contribution in [0.2, 0.25) is 5.15 Å². The lowest BCUT2D eigenvalue weighted by molar-refractivity contribution is 0.241. The van der Waals surface area contributed by atoms with E-state index in [0.29, 0.717) is 22.2 Å². The number of benzene rings is 2. The molecule has 1 aliphatic carbocycles. The van der Waals surface area contributed by atoms with Crippen molar-refractivity contribution in [2.75, 3.05) is 12.4 Å². The van der Waals surface area contributed by atoms with E-state index < -0.39 is 0 Å². The van der Waals surface area contributed by atoms with Crippen LogP contribution in [0.1, 0.15) is 43.9 Å². The summed E-state index contributed by atoms with van der Waals surface area (Å²) in [6.07, 6.45) is 3.70. The van der Waals surface area contributed by atoms with E-state index in [4.69, 9.17) is 26.4 Å². The van der Waals surface area contributed by atoms with E-state index in [1.165, 1.54) is 11.3 Å². The normalized spacial score (nSPS) is 14.1. The summed E-state index contributed by atoms with van der Waals surface area (Å²) in [6.45, 7) is 6.09. The first-order valence-corrected chi connectivity index (χ1v) is 16.5. The summed E-state index contributed by atoms with van der Waals surface area (Å²) in [7, 11) is 4.59. The third-order valence-electron chi connectivity index (χ3n) is 8.06. The molecule has 4 heterocycles. The Morgan fingerprint density at radius 3 is 2.64 bits per heavy atom. The summed E-state index contributed by atoms with van der Waals surface area (Å²) in [5.41, 5.74) is 5.72. The first-order chi connectivity index (χ1) is 21.2. The van der Waals surface area contributed by atoms with Crippen molar-refractivity contribution < 1.29 is 4.74 Å². The predicted molar refractivity (Wildman–Crippen MR) is 183 cm³/mol. The standard InChI is InChI=1S/C33H32ClN6O2PS/c1-17(2)42-24-11-10-21(12-18(24)3)29-28-31(35-4)36-16-37-32(28)40(38-29)30(19-8-9-19)23-14-26-39(25(34)15-44-26)33(41)27(23)20-6-5-7-22(43)13-20/h5-7,10-17,19,30H,8-9,43H2,1-4H3,(H,35,36,37)/t30-/m0/s1. The Morgan fingerprint density at radius 2 is 1.93 bits per heavy atom. The molecule has 0 spiro atoms. The van der Waals surface area contributed by atoms with Gasteiger partial charge in [-0.15, -0.1) is 20.6 Å². The van der Waals surface area contributed by atoms with Gasteiger partial charge in [-0.2, -0.15) is 5.10 Å². The second kappa shape index (κ2) is 11.3. The SMILES string of the molecule is CNc1ncnc2c1c(-c1ccc(OC(C)C)c(C)c1)nn2[C@H](c1cc2scc(Cl)n2c(=O)c1-c1cccc(P)c1)C1CC1. The van der Waals surface area contributed by atoms with Crippen LogP contribution in [-0.2, 0) is 0 Å². The summed E-state index contributed by atoms with van der Waals surface area (Å²) >= 11 is 8.01. The maximum Gasteiger partial charge on any atom is 0.265 e. The van der Waals surface area contributed by atoms with Gasteiger partial charge in [0.2, 0.25) is 0 Å². The van der Waals surface area contributed by atoms with Crippen molar-refractivity contribution in [2.24, 2.45) is 5.92 Å². The molecule has 0 saturated heterocycles. The topological polar surface area (TPSA) is 86.3 Å². The molecule has 224 valence electrons. The molecule has 2 aromatic carbocycles. The number of fused-ring (bicyclic) bond motifs is 2. The van der Waals surface area contributed by atoms with Gasteiger partial charge < -0.3 is 10.1 Å². The number of ether oxygens (including phenoxy) is 1. The van der Waals surface area contributed by atoms with E-state index in [-0.39, 0.29) is 23.6 Å². The highest BCUT2D eigenvalue weighted by Gasteiger charge is 2.39. The van der Waals surface area contributed by atoms with Crippen LogP contribution < -0.4 is 20.9 Å². The van der Waals surface area contributed by atoms with Crippen LogP contribution in [0, 0.1) is 12.8 Å². The number of hydrogen-bond donors (Lipinski definition) is 1. The largest absolute Gasteiger partial charge is 0.491 e. The van der Waals surface area contributed by atoms with Gasteiger partial charge in [0.25, 0.3) is 5.56 Å². The molecule has 1 aliphatic rings. The minimum Gasteiger partial charge on any atom is -0.491 e. The zero-order valence-electron chi connectivity index (χ0n) is 24.8. The second-order valence-electron chi connectivity index (χ2n) is 11.5. The second-order valence-corrected chi connectivity index (χ2v) is 13.5. The average Bonchev–Trinajstić information content (AvgIpc) is 3.65. The van der Waals surface area contributed by atoms with Crippen LogP contribution in [-0.4, -0.2) is 37.3 Å². The number of aromatic nitrogens is 5. The fourth-order valence-electron chi connectivity index (χ4n) is 6.01. The fraction of sp³-hybridized carbons (Fsp3) is 0.273. The Bertz CT molecular complexity index is 2120. The minimum absolute atomic E-state index is 0.0732. The quantitative estimate of drug-likeness (QED) is 0.178. The van der Waals surface area contributed by atoms with E-state index in [2.05, 4.69) is 31.7 Å². The highest BCUT2D eigenvalue weighted by Crippen LogP contribution is 2.48. The summed E-state index contributed by atoms with van der Waals surface area (Å²) in [5, 5.41) is 12.6. The number of nitrogens with zero attached hydrogens (tertiary/aromatic N) is 5. The van der Waals surface area contributed by atoms with Crippen molar-refractivity contribution in [1.82, 2.24) is 24.1 Å². The van der Waals surface area contributed by atoms with Gasteiger partial charge in [-0.3, -0.25) is 9.20 Å². The number of pyridine rings is 1. The summed E-state index contributed by atoms with van der Waals surface area (Å²) < 4.78 is 9.64. The lowest BCUT2D eigenvalue weighted by Crippen LogP contribution is -2.23. The van der Waals surface area contributed by atoms with Gasteiger partial charge in [0.05, 0.1) is 23.1 Å². The van der Waals surface area contributed by atoms with E-state index in [1.54, 1.807) is 10.7 Å². The van der Waals surface area contributed by atoms with E-state index in [0.717, 1.165) is 62.1 Å². The van der Waals surface area contributed by atoms with Gasteiger partial charge in [-0.1, -0.05) is 29.8 Å². The molecule has 6 aromatic rings. The molecule has 8 nitrogen and oxygen atoms in total. The number of anilines is 1. The van der Waals surface area contributed by atoms with Gasteiger partial charge in [-0.25, -0.2) is 14.6 Å². The van der Waals surface area contributed by atoms with Crippen LogP contribution in [0.15, 0.2) is 65.0 Å². The highest BCUT2D eigenvalue weighted by atomic mass is 35.5. The maximum absolute atomic E-state index is 14.3. The molecule has 1 unspecified atom stereocenters. The minimum atomic E-state index is -0.225. The molecule has 44 heavy (non-hydrogen) atoms. The average molecular weight is 643 g/mol. The molecule has 1 saturated carbocycles. The lowest BCUT2D eigenvalue weighted by atomic mass is 9.94. The third-order valence-corrected chi connectivity index (χ3v) is 9.71. The Kier molecular flexibility index (Phi) is 7.43. The number of thiazole rings is 1. The molecule has 0 radical (unpaired) electrons. The number of aryl methyl sites for hydroxylation is 1. The summed E-state index contributed by atoms with van der Waals surface area (Å²) in [5.74, 6) is 1.83. The van der Waals surface area contributed by atoms with Crippen molar-refractivity contribution in [2.45, 2.75) is 45.8 Å². The molecule has 4 aromatic heterocycles. The molecular formula is C33H32ClN6O2PS. The molecule has 7 rings (SSSR count). The zero-order valence-corrected chi connectivity index (χ0v) is 27.6. The van der Waals surface area contributed by atoms with Crippen molar-refractivity contribution in [3.05, 3.63) is 86.9 Å². The highest BCUT2D eigenvalue weighted by molar-refractivity contribution is 7.27. The first-order valence-electron chi connectivity index (χ1n) is 14.6. The fourth-order valence-corrected chi connectivity index (χ4v) is 7.46. The summed E-state index contributed by atoms with van der Waals surface area (Å²) in [6, 6.07) is 16.0. The Labute approximate surface area is 266 Å². The first kappa shape index (κ1) is 29.0. The van der Waals surface area contributed by atoms with Crippen LogP contribution in [0.5, 0.6) is 5.75 Å². The van der Waals surface area contributed by atoms with Gasteiger partial charge >= 0.3 is 0 Å². The van der Waals surface area contributed by atoms with Gasteiger partial charge in [0, 0.05) is 18.0 Å². The Morgan fingerprint density at radius 1 is 1.11 bits per heavy atom. The predicted octanol–water partition coefficient (Wildman–Crippen LogP) is 7.13.